The van der Waals surface area contributed by atoms with E-state index >= 15 is 0 Å². The molecule has 0 saturated heterocycles. The second-order valence-corrected chi connectivity index (χ2v) is 5.72. The maximum Gasteiger partial charge on any atom is 0.140 e. The highest BCUT2D eigenvalue weighted by Crippen LogP contribution is 2.30. The van der Waals surface area contributed by atoms with E-state index in [1.807, 2.05) is 36.4 Å². The summed E-state index contributed by atoms with van der Waals surface area (Å²) in [6.07, 6.45) is 0. The highest BCUT2D eigenvalue weighted by molar-refractivity contribution is 7.79. The normalized spacial score (nSPS) is 11.2. The van der Waals surface area contributed by atoms with Crippen LogP contribution in [0.5, 0.6) is 0 Å². The molecule has 0 atom stereocenters. The van der Waals surface area contributed by atoms with Crippen LogP contribution in [0.3, 0.4) is 0 Å². The molecule has 0 amide bonds. The summed E-state index contributed by atoms with van der Waals surface area (Å²) in [6.45, 7) is 0. The Labute approximate surface area is 124 Å². The molecule has 0 aliphatic carbocycles. The lowest BCUT2D eigenvalue weighted by molar-refractivity contribution is 1.33. The molecule has 4 rings (SSSR count). The van der Waals surface area contributed by atoms with Gasteiger partial charge in [0.05, 0.1) is 21.3 Å². The quantitative estimate of drug-likeness (QED) is 0.564. The van der Waals surface area contributed by atoms with Gasteiger partial charge in [0.2, 0.25) is 0 Å². The maximum absolute atomic E-state index is 4.97. The first-order chi connectivity index (χ1) is 9.85. The summed E-state index contributed by atoms with van der Waals surface area (Å²) in [6, 6.07) is 14.1. The van der Waals surface area contributed by atoms with E-state index in [9.17, 15) is 0 Å². The lowest BCUT2D eigenvalue weighted by Crippen LogP contribution is -1.83. The summed E-state index contributed by atoms with van der Waals surface area (Å²) < 4.78 is 1.12. The van der Waals surface area contributed by atoms with Crippen molar-refractivity contribution in [2.75, 3.05) is 0 Å². The summed E-state index contributed by atoms with van der Waals surface area (Å²) in [5, 5.41) is 2.48. The highest BCUT2D eigenvalue weighted by atomic mass is 32.1. The zero-order valence-electron chi connectivity index (χ0n) is 10.3. The third-order valence-corrected chi connectivity index (χ3v) is 4.52. The molecule has 2 aromatic carbocycles. The number of hydrogen-bond acceptors (Lipinski definition) is 4. The first kappa shape index (κ1) is 11.7. The molecule has 0 radical (unpaired) electrons. The molecule has 1 N–H and O–H groups in total. The lowest BCUT2D eigenvalue weighted by Gasteiger charge is -1.97. The molecule has 0 spiro atoms. The number of hydrogen-bond donors (Lipinski definition) is 1. The van der Waals surface area contributed by atoms with Crippen molar-refractivity contribution in [3.05, 3.63) is 47.5 Å². The summed E-state index contributed by atoms with van der Waals surface area (Å²) in [4.78, 5) is 12.6. The van der Waals surface area contributed by atoms with Gasteiger partial charge >= 0.3 is 0 Å². The predicted octanol–water partition coefficient (Wildman–Crippen LogP) is 4.19. The molecular weight excluding hydrogens is 286 g/mol. The van der Waals surface area contributed by atoms with Crippen LogP contribution in [0.15, 0.2) is 42.5 Å². The van der Waals surface area contributed by atoms with E-state index < -0.39 is 0 Å². The van der Waals surface area contributed by atoms with Crippen molar-refractivity contribution in [1.29, 1.82) is 0 Å². The van der Waals surface area contributed by atoms with Crippen molar-refractivity contribution >= 4 is 50.2 Å². The van der Waals surface area contributed by atoms with E-state index in [2.05, 4.69) is 21.0 Å². The third-order valence-electron chi connectivity index (χ3n) is 3.18. The van der Waals surface area contributed by atoms with Crippen LogP contribution in [0.25, 0.3) is 32.6 Å². The van der Waals surface area contributed by atoms with Crippen LogP contribution in [-0.2, 0) is 0 Å². The van der Waals surface area contributed by atoms with Crippen molar-refractivity contribution < 1.29 is 0 Å². The minimum Gasteiger partial charge on any atom is -0.338 e. The minimum atomic E-state index is 0.845. The minimum absolute atomic E-state index is 0.845. The van der Waals surface area contributed by atoms with E-state index in [1.54, 1.807) is 16.7 Å². The van der Waals surface area contributed by atoms with Crippen LogP contribution in [0, 0.1) is 0 Å². The molecule has 0 bridgehead atoms. The summed E-state index contributed by atoms with van der Waals surface area (Å²) in [5.74, 6) is 0.845. The third kappa shape index (κ3) is 1.75. The van der Waals surface area contributed by atoms with E-state index in [1.165, 1.54) is 0 Å². The number of para-hydroxylation sites is 3. The first-order valence-electron chi connectivity index (χ1n) is 6.15. The van der Waals surface area contributed by atoms with Gasteiger partial charge in [0.15, 0.2) is 0 Å². The number of H-pyrrole nitrogens is 1. The van der Waals surface area contributed by atoms with Crippen LogP contribution in [0.4, 0.5) is 0 Å². The number of fused-ring (bicyclic) bond motifs is 2. The van der Waals surface area contributed by atoms with Crippen LogP contribution in [0.2, 0.25) is 0 Å². The zero-order chi connectivity index (χ0) is 13.5. The van der Waals surface area contributed by atoms with Gasteiger partial charge in [-0.3, -0.25) is 0 Å². The van der Waals surface area contributed by atoms with E-state index in [-0.39, 0.29) is 0 Å². The average Bonchev–Trinajstić information content (AvgIpc) is 3.09. The topological polar surface area (TPSA) is 41.6 Å². The van der Waals surface area contributed by atoms with Crippen LogP contribution in [-0.4, -0.2) is 20.3 Å². The molecular formula is C15H9N3S2. The van der Waals surface area contributed by atoms with Crippen LogP contribution < -0.4 is 0 Å². The molecule has 0 fully saturated rings. The first-order valence-corrected chi connectivity index (χ1v) is 7.44. The summed E-state index contributed by atoms with van der Waals surface area (Å²) in [7, 11) is 0. The van der Waals surface area contributed by atoms with E-state index in [0.29, 0.717) is 0 Å². The van der Waals surface area contributed by atoms with E-state index in [4.69, 9.17) is 12.2 Å². The fourth-order valence-corrected chi connectivity index (χ4v) is 3.29. The molecule has 3 nitrogen and oxygen atoms in total. The van der Waals surface area contributed by atoms with Crippen molar-refractivity contribution in [2.24, 2.45) is 0 Å². The predicted molar refractivity (Wildman–Crippen MR) is 87.5 cm³/mol. The number of nitrogens with zero attached hydrogens (tertiary/aromatic N) is 2. The molecule has 20 heavy (non-hydrogen) atoms. The van der Waals surface area contributed by atoms with Gasteiger partial charge in [0.25, 0.3) is 0 Å². The van der Waals surface area contributed by atoms with Gasteiger partial charge in [-0.05, 0) is 24.3 Å². The number of thiazole rings is 1. The van der Waals surface area contributed by atoms with Crippen molar-refractivity contribution in [1.82, 2.24) is 15.0 Å². The number of imidazole rings is 1. The Bertz CT molecular complexity index is 904. The molecule has 0 unspecified atom stereocenters. The smallest absolute Gasteiger partial charge is 0.140 e. The van der Waals surface area contributed by atoms with Crippen LogP contribution in [0.1, 0.15) is 5.01 Å². The molecule has 0 aliphatic rings. The van der Waals surface area contributed by atoms with Gasteiger partial charge in [-0.2, -0.15) is 0 Å². The molecule has 96 valence electrons. The Morgan fingerprint density at radius 1 is 1.05 bits per heavy atom. The van der Waals surface area contributed by atoms with E-state index in [0.717, 1.165) is 37.6 Å². The number of rotatable bonds is 2. The SMILES string of the molecule is S=Cc1nc2c(-c3nc4ccccc4[nH]3)cccc2s1. The zero-order valence-corrected chi connectivity index (χ0v) is 12.0. The second-order valence-electron chi connectivity index (χ2n) is 4.42. The fraction of sp³-hybridized carbons (Fsp3) is 0. The molecule has 2 heterocycles. The number of thiocarbonyl (C=S) groups is 1. The molecule has 0 aliphatic heterocycles. The lowest BCUT2D eigenvalue weighted by atomic mass is 10.2. The standard InChI is InChI=1S/C15H9N3S2/c19-8-13-18-14-9(4-3-7-12(14)20-13)15-16-10-5-1-2-6-11(10)17-15/h1-8H,(H,16,17). The number of aromatic nitrogens is 3. The van der Waals surface area contributed by atoms with Crippen molar-refractivity contribution in [2.45, 2.75) is 0 Å². The summed E-state index contributed by atoms with van der Waals surface area (Å²) in [5.41, 5.74) is 3.96. The molecule has 5 heteroatoms. The Balaban J connectivity index is 2.01. The number of aromatic amines is 1. The van der Waals surface area contributed by atoms with Gasteiger partial charge in [0, 0.05) is 10.9 Å². The Hall–Kier alpha value is -2.11. The maximum atomic E-state index is 4.97. The van der Waals surface area contributed by atoms with Gasteiger partial charge in [-0.25, -0.2) is 9.97 Å². The Morgan fingerprint density at radius 2 is 1.95 bits per heavy atom. The largest absolute Gasteiger partial charge is 0.338 e. The second kappa shape index (κ2) is 4.47. The monoisotopic (exact) mass is 295 g/mol. The van der Waals surface area contributed by atoms with Gasteiger partial charge in [-0.1, -0.05) is 30.4 Å². The molecule has 2 aromatic heterocycles. The van der Waals surface area contributed by atoms with Gasteiger partial charge in [-0.15, -0.1) is 11.3 Å². The van der Waals surface area contributed by atoms with Crippen LogP contribution >= 0.6 is 23.6 Å². The number of nitrogens with one attached hydrogen (secondary N) is 1. The summed E-state index contributed by atoms with van der Waals surface area (Å²) >= 11 is 6.57. The van der Waals surface area contributed by atoms with Crippen molar-refractivity contribution in [3.63, 3.8) is 0 Å². The molecule has 4 aromatic rings. The fourth-order valence-electron chi connectivity index (χ4n) is 2.29. The Kier molecular flexibility index (Phi) is 2.61. The van der Waals surface area contributed by atoms with Gasteiger partial charge < -0.3 is 4.98 Å². The average molecular weight is 295 g/mol. The highest BCUT2D eigenvalue weighted by Gasteiger charge is 2.11. The number of benzene rings is 2. The Morgan fingerprint density at radius 3 is 2.80 bits per heavy atom. The van der Waals surface area contributed by atoms with Crippen molar-refractivity contribution in [3.8, 4) is 11.4 Å². The van der Waals surface area contributed by atoms with Gasteiger partial charge in [0.1, 0.15) is 10.8 Å². The molecule has 0 saturated carbocycles.